The summed E-state index contributed by atoms with van der Waals surface area (Å²) in [7, 11) is 1.97. The number of hydrogen-bond donors (Lipinski definition) is 1. The molecule has 0 saturated carbocycles. The number of hydrogen-bond acceptors (Lipinski definition) is 4. The molecule has 112 valence electrons. The maximum absolute atomic E-state index is 12.2. The lowest BCUT2D eigenvalue weighted by molar-refractivity contribution is -0.152. The van der Waals surface area contributed by atoms with Gasteiger partial charge in [0.25, 0.3) is 0 Å². The molecule has 1 aromatic rings. The Balaban J connectivity index is 1.78. The van der Waals surface area contributed by atoms with E-state index in [1.165, 1.54) is 0 Å². The van der Waals surface area contributed by atoms with E-state index in [9.17, 15) is 14.7 Å². The highest BCUT2D eigenvalue weighted by molar-refractivity contribution is 5.89. The van der Waals surface area contributed by atoms with Crippen molar-refractivity contribution in [3.63, 3.8) is 0 Å². The monoisotopic (exact) mass is 289 g/mol. The van der Waals surface area contributed by atoms with E-state index >= 15 is 0 Å². The third-order valence-corrected chi connectivity index (χ3v) is 4.77. The quantitative estimate of drug-likeness (QED) is 0.859. The Hall–Kier alpha value is -1.88. The van der Waals surface area contributed by atoms with Crippen LogP contribution in [0.3, 0.4) is 0 Å². The van der Waals surface area contributed by atoms with E-state index in [1.54, 1.807) is 24.3 Å². The predicted molar refractivity (Wildman–Crippen MR) is 76.0 cm³/mol. The minimum atomic E-state index is -0.877. The molecule has 2 aliphatic rings. The summed E-state index contributed by atoms with van der Waals surface area (Å²) in [5.74, 6) is -1.95. The Morgan fingerprint density at radius 3 is 2.62 bits per heavy atom. The number of nitrogens with zero attached hydrogens (tertiary/aromatic N) is 1. The topological polar surface area (TPSA) is 66.8 Å². The van der Waals surface area contributed by atoms with Crippen LogP contribution in [0.1, 0.15) is 29.6 Å². The van der Waals surface area contributed by atoms with E-state index in [0.717, 1.165) is 12.8 Å². The molecule has 5 nitrogen and oxygen atoms in total. The first-order valence-electron chi connectivity index (χ1n) is 7.28. The molecule has 3 rings (SSSR count). The van der Waals surface area contributed by atoms with Crippen LogP contribution in [0.15, 0.2) is 30.3 Å². The van der Waals surface area contributed by atoms with Crippen LogP contribution >= 0.6 is 0 Å². The first-order chi connectivity index (χ1) is 10.1. The Morgan fingerprint density at radius 1 is 1.24 bits per heavy atom. The Kier molecular flexibility index (Phi) is 3.68. The first-order valence-corrected chi connectivity index (χ1v) is 7.28. The second kappa shape index (κ2) is 5.48. The number of carboxylic acids is 1. The van der Waals surface area contributed by atoms with Crippen molar-refractivity contribution >= 4 is 11.9 Å². The summed E-state index contributed by atoms with van der Waals surface area (Å²) >= 11 is 0. The number of benzene rings is 1. The van der Waals surface area contributed by atoms with E-state index in [1.807, 2.05) is 13.1 Å². The second-order valence-corrected chi connectivity index (χ2v) is 5.87. The van der Waals surface area contributed by atoms with Gasteiger partial charge in [-0.15, -0.1) is 0 Å². The number of fused-ring (bicyclic) bond motifs is 2. The van der Waals surface area contributed by atoms with Crippen LogP contribution in [0.2, 0.25) is 0 Å². The molecule has 2 fully saturated rings. The standard InChI is InChI=1S/C16H19NO4/c1-17-11-7-8-12(17)14(15(18)19)13(9-11)21-16(20)10-5-3-2-4-6-10/h2-6,11-14H,7-9H2,1H3,(H,18,19)/t11?,12?,13-,14-/m0/s1. The molecule has 2 saturated heterocycles. The van der Waals surface area contributed by atoms with Crippen molar-refractivity contribution in [2.75, 3.05) is 7.05 Å². The molecule has 5 heteroatoms. The Morgan fingerprint density at radius 2 is 1.95 bits per heavy atom. The van der Waals surface area contributed by atoms with Gasteiger partial charge in [-0.2, -0.15) is 0 Å². The lowest BCUT2D eigenvalue weighted by Gasteiger charge is -2.40. The normalized spacial score (nSPS) is 31.9. The zero-order valence-corrected chi connectivity index (χ0v) is 11.9. The van der Waals surface area contributed by atoms with Crippen molar-refractivity contribution in [1.29, 1.82) is 0 Å². The molecule has 2 aliphatic heterocycles. The summed E-state index contributed by atoms with van der Waals surface area (Å²) in [6.45, 7) is 0. The fourth-order valence-electron chi connectivity index (χ4n) is 3.65. The molecular weight excluding hydrogens is 270 g/mol. The summed E-state index contributed by atoms with van der Waals surface area (Å²) in [5, 5.41) is 9.51. The molecule has 4 atom stereocenters. The fraction of sp³-hybridized carbons (Fsp3) is 0.500. The molecule has 1 aromatic carbocycles. The van der Waals surface area contributed by atoms with E-state index in [-0.39, 0.29) is 6.04 Å². The Bertz CT molecular complexity index is 544. The van der Waals surface area contributed by atoms with Crippen LogP contribution in [0.5, 0.6) is 0 Å². The van der Waals surface area contributed by atoms with Gasteiger partial charge in [0.2, 0.25) is 0 Å². The molecule has 0 amide bonds. The van der Waals surface area contributed by atoms with Crippen LogP contribution in [-0.2, 0) is 9.53 Å². The van der Waals surface area contributed by atoms with Gasteiger partial charge in [-0.05, 0) is 32.0 Å². The maximum atomic E-state index is 12.2. The highest BCUT2D eigenvalue weighted by atomic mass is 16.5. The molecule has 2 heterocycles. The van der Waals surface area contributed by atoms with Crippen LogP contribution in [0.25, 0.3) is 0 Å². The van der Waals surface area contributed by atoms with Crippen LogP contribution in [0.4, 0.5) is 0 Å². The van der Waals surface area contributed by atoms with Crippen molar-refractivity contribution in [3.8, 4) is 0 Å². The van der Waals surface area contributed by atoms with Gasteiger partial charge in [-0.25, -0.2) is 4.79 Å². The summed E-state index contributed by atoms with van der Waals surface area (Å²) < 4.78 is 5.53. The number of rotatable bonds is 3. The largest absolute Gasteiger partial charge is 0.481 e. The van der Waals surface area contributed by atoms with Crippen molar-refractivity contribution in [3.05, 3.63) is 35.9 Å². The SMILES string of the molecule is CN1C2CCC1[C@H](C(=O)O)[C@@H](OC(=O)c1ccccc1)C2. The number of ether oxygens (including phenoxy) is 1. The third-order valence-electron chi connectivity index (χ3n) is 4.77. The van der Waals surface area contributed by atoms with Gasteiger partial charge in [0.1, 0.15) is 12.0 Å². The number of carbonyl (C=O) groups excluding carboxylic acids is 1. The molecule has 1 N–H and O–H groups in total. The smallest absolute Gasteiger partial charge is 0.338 e. The minimum Gasteiger partial charge on any atom is -0.481 e. The summed E-state index contributed by atoms with van der Waals surface area (Å²) in [6, 6.07) is 9.01. The second-order valence-electron chi connectivity index (χ2n) is 5.87. The first kappa shape index (κ1) is 14.1. The lowest BCUT2D eigenvalue weighted by Crippen LogP contribution is -2.53. The van der Waals surface area contributed by atoms with Gasteiger partial charge in [-0.1, -0.05) is 18.2 Å². The van der Waals surface area contributed by atoms with Crippen LogP contribution in [-0.4, -0.2) is 47.2 Å². The van der Waals surface area contributed by atoms with E-state index < -0.39 is 24.0 Å². The summed E-state index contributed by atoms with van der Waals surface area (Å²) in [4.78, 5) is 25.9. The van der Waals surface area contributed by atoms with E-state index in [2.05, 4.69) is 4.90 Å². The zero-order valence-electron chi connectivity index (χ0n) is 11.9. The van der Waals surface area contributed by atoms with E-state index in [0.29, 0.717) is 18.0 Å². The van der Waals surface area contributed by atoms with Gasteiger partial charge in [0.05, 0.1) is 5.56 Å². The number of carboxylic acid groups (broad SMARTS) is 1. The van der Waals surface area contributed by atoms with Crippen molar-refractivity contribution in [1.82, 2.24) is 4.90 Å². The van der Waals surface area contributed by atoms with Gasteiger partial charge in [0, 0.05) is 18.5 Å². The molecule has 0 radical (unpaired) electrons. The van der Waals surface area contributed by atoms with Crippen LogP contribution in [0, 0.1) is 5.92 Å². The fourth-order valence-corrected chi connectivity index (χ4v) is 3.65. The highest BCUT2D eigenvalue weighted by Gasteiger charge is 2.50. The minimum absolute atomic E-state index is 0.0326. The van der Waals surface area contributed by atoms with Crippen LogP contribution < -0.4 is 0 Å². The van der Waals surface area contributed by atoms with Gasteiger partial charge in [-0.3, -0.25) is 9.69 Å². The molecule has 0 aliphatic carbocycles. The third kappa shape index (κ3) is 2.53. The maximum Gasteiger partial charge on any atom is 0.338 e. The van der Waals surface area contributed by atoms with Crippen molar-refractivity contribution in [2.24, 2.45) is 5.92 Å². The molecule has 21 heavy (non-hydrogen) atoms. The molecule has 0 spiro atoms. The van der Waals surface area contributed by atoms with Crippen molar-refractivity contribution < 1.29 is 19.4 Å². The average Bonchev–Trinajstić information content (AvgIpc) is 2.72. The Labute approximate surface area is 123 Å². The van der Waals surface area contributed by atoms with E-state index in [4.69, 9.17) is 4.74 Å². The zero-order chi connectivity index (χ0) is 15.0. The van der Waals surface area contributed by atoms with Gasteiger partial charge < -0.3 is 9.84 Å². The lowest BCUT2D eigenvalue weighted by atomic mass is 9.87. The summed E-state index contributed by atoms with van der Waals surface area (Å²) in [6.07, 6.45) is 1.90. The summed E-state index contributed by atoms with van der Waals surface area (Å²) in [5.41, 5.74) is 0.466. The number of esters is 1. The van der Waals surface area contributed by atoms with Gasteiger partial charge >= 0.3 is 11.9 Å². The molecule has 2 unspecified atom stereocenters. The molecule has 0 aromatic heterocycles. The molecule has 2 bridgehead atoms. The average molecular weight is 289 g/mol. The number of piperidine rings is 1. The van der Waals surface area contributed by atoms with Gasteiger partial charge in [0.15, 0.2) is 0 Å². The van der Waals surface area contributed by atoms with Crippen molar-refractivity contribution in [2.45, 2.75) is 37.5 Å². The number of carbonyl (C=O) groups is 2. The highest BCUT2D eigenvalue weighted by Crippen LogP contribution is 2.39. The molecular formula is C16H19NO4. The number of aliphatic carboxylic acids is 1. The predicted octanol–water partition coefficient (Wildman–Crippen LogP) is 1.78.